The van der Waals surface area contributed by atoms with E-state index in [2.05, 4.69) is 0 Å². The van der Waals surface area contributed by atoms with Crippen molar-refractivity contribution in [1.29, 1.82) is 0 Å². The van der Waals surface area contributed by atoms with Crippen molar-refractivity contribution in [2.45, 2.75) is 63.2 Å². The normalized spacial score (nSPS) is 20.4. The molecule has 6 heteroatoms. The summed E-state index contributed by atoms with van der Waals surface area (Å²) in [5.74, 6) is 1.34. The molecule has 2 aliphatic carbocycles. The molecule has 30 heavy (non-hydrogen) atoms. The van der Waals surface area contributed by atoms with Crippen molar-refractivity contribution in [3.63, 3.8) is 0 Å². The van der Waals surface area contributed by atoms with Crippen LogP contribution < -0.4 is 0 Å². The first kappa shape index (κ1) is 22.4. The molecule has 0 heterocycles. The van der Waals surface area contributed by atoms with Gasteiger partial charge in [0.2, 0.25) is 0 Å². The van der Waals surface area contributed by atoms with Crippen molar-refractivity contribution in [1.82, 2.24) is 0 Å². The van der Waals surface area contributed by atoms with Crippen molar-refractivity contribution < 1.29 is 10.2 Å². The average molecular weight is 488 g/mol. The number of aromatic hydroxyl groups is 2. The fraction of sp³-hybridized carbons (Fsp3) is 0.500. The van der Waals surface area contributed by atoms with Crippen LogP contribution in [0, 0.1) is 11.8 Å². The van der Waals surface area contributed by atoms with E-state index in [0.717, 1.165) is 48.6 Å². The highest BCUT2D eigenvalue weighted by Gasteiger charge is 2.41. The standard InChI is InChI=1S/C24H26Cl4O2/c25-18-10-16(11-19(26)22(18)29)24(17-12-20(27)23(30)21(28)13-17)8-6-15(7-9-24)14-4-2-1-3-5-14/h10-15,29-30H,1-9H2. The van der Waals surface area contributed by atoms with Crippen molar-refractivity contribution >= 4 is 46.4 Å². The first-order chi connectivity index (χ1) is 14.3. The number of hydrogen-bond donors (Lipinski definition) is 2. The molecule has 2 saturated carbocycles. The van der Waals surface area contributed by atoms with Crippen LogP contribution in [-0.2, 0) is 5.41 Å². The van der Waals surface area contributed by atoms with Gasteiger partial charge in [-0.1, -0.05) is 78.5 Å². The Kier molecular flexibility index (Phi) is 6.70. The molecule has 2 aromatic rings. The van der Waals surface area contributed by atoms with Crippen LogP contribution in [0.5, 0.6) is 11.5 Å². The zero-order valence-corrected chi connectivity index (χ0v) is 19.8. The van der Waals surface area contributed by atoms with Crippen LogP contribution in [-0.4, -0.2) is 10.2 Å². The molecule has 0 saturated heterocycles. The van der Waals surface area contributed by atoms with E-state index >= 15 is 0 Å². The minimum absolute atomic E-state index is 0.102. The van der Waals surface area contributed by atoms with Crippen molar-refractivity contribution in [2.75, 3.05) is 0 Å². The molecular formula is C24H26Cl4O2. The van der Waals surface area contributed by atoms with Gasteiger partial charge in [0, 0.05) is 5.41 Å². The van der Waals surface area contributed by atoms with Gasteiger partial charge >= 0.3 is 0 Å². The molecule has 0 bridgehead atoms. The summed E-state index contributed by atoms with van der Waals surface area (Å²) in [6.07, 6.45) is 10.8. The Morgan fingerprint density at radius 1 is 0.600 bits per heavy atom. The van der Waals surface area contributed by atoms with E-state index in [0.29, 0.717) is 0 Å². The van der Waals surface area contributed by atoms with Crippen LogP contribution in [0.15, 0.2) is 24.3 Å². The van der Waals surface area contributed by atoms with Gasteiger partial charge in [-0.25, -0.2) is 0 Å². The Morgan fingerprint density at radius 3 is 1.37 bits per heavy atom. The van der Waals surface area contributed by atoms with E-state index in [4.69, 9.17) is 46.4 Å². The Labute approximate surface area is 198 Å². The lowest BCUT2D eigenvalue weighted by atomic mass is 9.60. The average Bonchev–Trinajstić information content (AvgIpc) is 2.75. The molecule has 0 aliphatic heterocycles. The van der Waals surface area contributed by atoms with E-state index in [1.54, 1.807) is 24.3 Å². The molecule has 2 N–H and O–H groups in total. The molecule has 4 rings (SSSR count). The SMILES string of the molecule is Oc1c(Cl)cc(C2(c3cc(Cl)c(O)c(Cl)c3)CCC(C3CCCCC3)CC2)cc1Cl. The number of rotatable bonds is 3. The van der Waals surface area contributed by atoms with Crippen LogP contribution in [0.4, 0.5) is 0 Å². The van der Waals surface area contributed by atoms with Gasteiger partial charge < -0.3 is 10.2 Å². The maximum atomic E-state index is 10.1. The maximum absolute atomic E-state index is 10.1. The Morgan fingerprint density at radius 2 is 0.967 bits per heavy atom. The summed E-state index contributed by atoms with van der Waals surface area (Å²) >= 11 is 25.2. The highest BCUT2D eigenvalue weighted by molar-refractivity contribution is 6.37. The second-order valence-electron chi connectivity index (χ2n) is 8.89. The molecule has 0 aromatic heterocycles. The van der Waals surface area contributed by atoms with Gasteiger partial charge in [-0.2, -0.15) is 0 Å². The third-order valence-corrected chi connectivity index (χ3v) is 8.49. The molecule has 0 amide bonds. The largest absolute Gasteiger partial charge is 0.505 e. The number of phenolic OH excluding ortho intramolecular Hbond substituents is 2. The molecule has 0 spiro atoms. The fourth-order valence-corrected chi connectivity index (χ4v) is 6.61. The molecule has 0 unspecified atom stereocenters. The van der Waals surface area contributed by atoms with Crippen LogP contribution in [0.1, 0.15) is 68.9 Å². The molecule has 0 radical (unpaired) electrons. The van der Waals surface area contributed by atoms with Crippen LogP contribution in [0.3, 0.4) is 0 Å². The third kappa shape index (κ3) is 4.13. The predicted octanol–water partition coefficient (Wildman–Crippen LogP) is 8.77. The summed E-state index contributed by atoms with van der Waals surface area (Å²) in [5, 5.41) is 21.1. The minimum atomic E-state index is -0.368. The smallest absolute Gasteiger partial charge is 0.152 e. The lowest BCUT2D eigenvalue weighted by Gasteiger charge is -2.44. The fourth-order valence-electron chi connectivity index (χ4n) is 5.64. The van der Waals surface area contributed by atoms with E-state index < -0.39 is 0 Å². The Bertz CT molecular complexity index is 823. The van der Waals surface area contributed by atoms with Crippen LogP contribution in [0.25, 0.3) is 0 Å². The number of hydrogen-bond acceptors (Lipinski definition) is 2. The number of halogens is 4. The number of phenols is 2. The van der Waals surface area contributed by atoms with Gasteiger partial charge in [-0.05, 0) is 72.9 Å². The molecular weight excluding hydrogens is 462 g/mol. The Balaban J connectivity index is 1.75. The molecule has 2 fully saturated rings. The predicted molar refractivity (Wildman–Crippen MR) is 126 cm³/mol. The van der Waals surface area contributed by atoms with Gasteiger partial charge in [-0.3, -0.25) is 0 Å². The van der Waals surface area contributed by atoms with Crippen LogP contribution >= 0.6 is 46.4 Å². The summed E-state index contributed by atoms with van der Waals surface area (Å²) < 4.78 is 0. The lowest BCUT2D eigenvalue weighted by Crippen LogP contribution is -2.35. The first-order valence-electron chi connectivity index (χ1n) is 10.7. The van der Waals surface area contributed by atoms with Crippen molar-refractivity contribution in [3.8, 4) is 11.5 Å². The molecule has 2 aliphatic rings. The zero-order chi connectivity index (χ0) is 21.5. The van der Waals surface area contributed by atoms with E-state index in [1.165, 1.54) is 32.1 Å². The van der Waals surface area contributed by atoms with Crippen molar-refractivity contribution in [3.05, 3.63) is 55.5 Å². The highest BCUT2D eigenvalue weighted by atomic mass is 35.5. The van der Waals surface area contributed by atoms with Gasteiger partial charge in [0.1, 0.15) is 0 Å². The monoisotopic (exact) mass is 486 g/mol. The summed E-state index contributed by atoms with van der Waals surface area (Å²) in [6.45, 7) is 0. The quantitative estimate of drug-likeness (QED) is 0.454. The lowest BCUT2D eigenvalue weighted by molar-refractivity contribution is 0.163. The van der Waals surface area contributed by atoms with Gasteiger partial charge in [-0.15, -0.1) is 0 Å². The highest BCUT2D eigenvalue weighted by Crippen LogP contribution is 2.53. The maximum Gasteiger partial charge on any atom is 0.152 e. The molecule has 0 atom stereocenters. The van der Waals surface area contributed by atoms with E-state index in [-0.39, 0.29) is 37.0 Å². The van der Waals surface area contributed by atoms with E-state index in [1.807, 2.05) is 0 Å². The van der Waals surface area contributed by atoms with Gasteiger partial charge in [0.05, 0.1) is 20.1 Å². The first-order valence-corrected chi connectivity index (χ1v) is 12.2. The van der Waals surface area contributed by atoms with Crippen molar-refractivity contribution in [2.24, 2.45) is 11.8 Å². The molecule has 162 valence electrons. The minimum Gasteiger partial charge on any atom is -0.505 e. The zero-order valence-electron chi connectivity index (χ0n) is 16.7. The third-order valence-electron chi connectivity index (χ3n) is 7.34. The second-order valence-corrected chi connectivity index (χ2v) is 10.5. The second kappa shape index (κ2) is 8.98. The summed E-state index contributed by atoms with van der Waals surface area (Å²) in [7, 11) is 0. The molecule has 2 aromatic carbocycles. The van der Waals surface area contributed by atoms with Gasteiger partial charge in [0.15, 0.2) is 11.5 Å². The number of benzene rings is 2. The van der Waals surface area contributed by atoms with Gasteiger partial charge in [0.25, 0.3) is 0 Å². The Hall–Kier alpha value is -0.800. The summed E-state index contributed by atoms with van der Waals surface area (Å²) in [6, 6.07) is 7.22. The van der Waals surface area contributed by atoms with Crippen LogP contribution in [0.2, 0.25) is 20.1 Å². The summed E-state index contributed by atoms with van der Waals surface area (Å²) in [5.41, 5.74) is 1.54. The molecule has 2 nitrogen and oxygen atoms in total. The topological polar surface area (TPSA) is 40.5 Å². The summed E-state index contributed by atoms with van der Waals surface area (Å²) in [4.78, 5) is 0. The van der Waals surface area contributed by atoms with E-state index in [9.17, 15) is 10.2 Å².